The number of carbonyl (C=O) groups is 3. The van der Waals surface area contributed by atoms with Crippen LogP contribution in [0.5, 0.6) is 11.5 Å². The molecule has 3 rings (SSSR count). The maximum Gasteiger partial charge on any atom is 0.331 e. The van der Waals surface area contributed by atoms with E-state index < -0.39 is 18.0 Å². The van der Waals surface area contributed by atoms with Crippen LogP contribution in [0, 0.1) is 0 Å². The lowest BCUT2D eigenvalue weighted by atomic mass is 10.1. The molecular weight excluding hydrogens is 386 g/mol. The Morgan fingerprint density at radius 2 is 1.73 bits per heavy atom. The van der Waals surface area contributed by atoms with Gasteiger partial charge < -0.3 is 19.5 Å². The first-order valence-corrected chi connectivity index (χ1v) is 9.62. The lowest BCUT2D eigenvalue weighted by Crippen LogP contribution is -2.29. The average molecular weight is 409 g/mol. The number of anilines is 1. The second-order valence-corrected chi connectivity index (χ2v) is 6.79. The smallest absolute Gasteiger partial charge is 0.331 e. The van der Waals surface area contributed by atoms with Gasteiger partial charge in [-0.25, -0.2) is 4.79 Å². The molecule has 7 nitrogen and oxygen atoms in total. The molecule has 0 unspecified atom stereocenters. The quantitative estimate of drug-likeness (QED) is 0.445. The van der Waals surface area contributed by atoms with Crippen LogP contribution in [0.1, 0.15) is 36.2 Å². The lowest BCUT2D eigenvalue weighted by Gasteiger charge is -2.12. The zero-order valence-corrected chi connectivity index (χ0v) is 16.8. The molecule has 1 heterocycles. The SMILES string of the molecule is CC(=O)c1ccc(NC(=O)[C@@H](C)OC(=O)/C=C/c2ccc3c(c2)OCCCO3)cc1. The topological polar surface area (TPSA) is 90.9 Å². The van der Waals surface area contributed by atoms with Crippen molar-refractivity contribution in [3.63, 3.8) is 0 Å². The molecule has 0 saturated carbocycles. The first kappa shape index (κ1) is 21.1. The van der Waals surface area contributed by atoms with Gasteiger partial charge in [0.2, 0.25) is 0 Å². The summed E-state index contributed by atoms with van der Waals surface area (Å²) in [5.74, 6) is 0.135. The third-order valence-electron chi connectivity index (χ3n) is 4.40. The molecule has 30 heavy (non-hydrogen) atoms. The second-order valence-electron chi connectivity index (χ2n) is 6.79. The van der Waals surface area contributed by atoms with E-state index in [1.165, 1.54) is 19.9 Å². The first-order chi connectivity index (χ1) is 14.4. The van der Waals surface area contributed by atoms with Crippen LogP contribution < -0.4 is 14.8 Å². The molecule has 0 radical (unpaired) electrons. The van der Waals surface area contributed by atoms with E-state index in [0.717, 1.165) is 12.0 Å². The number of nitrogens with one attached hydrogen (secondary N) is 1. The second kappa shape index (κ2) is 9.73. The molecule has 0 aliphatic carbocycles. The number of esters is 1. The van der Waals surface area contributed by atoms with E-state index in [9.17, 15) is 14.4 Å². The summed E-state index contributed by atoms with van der Waals surface area (Å²) >= 11 is 0. The van der Waals surface area contributed by atoms with Gasteiger partial charge in [-0.3, -0.25) is 9.59 Å². The summed E-state index contributed by atoms with van der Waals surface area (Å²) in [5.41, 5.74) is 1.81. The molecule has 0 aromatic heterocycles. The van der Waals surface area contributed by atoms with Gasteiger partial charge in [0.15, 0.2) is 23.4 Å². The Balaban J connectivity index is 1.54. The monoisotopic (exact) mass is 409 g/mol. The largest absolute Gasteiger partial charge is 0.490 e. The van der Waals surface area contributed by atoms with E-state index in [-0.39, 0.29) is 5.78 Å². The minimum atomic E-state index is -0.988. The fourth-order valence-corrected chi connectivity index (χ4v) is 2.75. The number of hydrogen-bond acceptors (Lipinski definition) is 6. The number of ether oxygens (including phenoxy) is 3. The Hall–Kier alpha value is -3.61. The normalized spacial score (nSPS) is 13.9. The molecule has 0 bridgehead atoms. The van der Waals surface area contributed by atoms with E-state index in [2.05, 4.69) is 5.32 Å². The minimum Gasteiger partial charge on any atom is -0.490 e. The molecule has 0 spiro atoms. The molecule has 7 heteroatoms. The first-order valence-electron chi connectivity index (χ1n) is 9.62. The molecule has 2 aromatic rings. The molecule has 2 aromatic carbocycles. The zero-order chi connectivity index (χ0) is 21.5. The molecule has 1 aliphatic rings. The van der Waals surface area contributed by atoms with E-state index in [1.54, 1.807) is 48.5 Å². The third-order valence-corrected chi connectivity index (χ3v) is 4.40. The Labute approximate surface area is 174 Å². The predicted octanol–water partition coefficient (Wildman–Crippen LogP) is 3.63. The fourth-order valence-electron chi connectivity index (χ4n) is 2.75. The van der Waals surface area contributed by atoms with Gasteiger partial charge in [0.1, 0.15) is 0 Å². The van der Waals surface area contributed by atoms with Gasteiger partial charge in [0.05, 0.1) is 13.2 Å². The number of ketones is 1. The van der Waals surface area contributed by atoms with Crippen LogP contribution in [0.15, 0.2) is 48.5 Å². The number of hydrogen-bond donors (Lipinski definition) is 1. The highest BCUT2D eigenvalue weighted by molar-refractivity contribution is 5.98. The van der Waals surface area contributed by atoms with Crippen molar-refractivity contribution < 1.29 is 28.6 Å². The van der Waals surface area contributed by atoms with Gasteiger partial charge >= 0.3 is 5.97 Å². The summed E-state index contributed by atoms with van der Waals surface area (Å²) in [4.78, 5) is 35.6. The Morgan fingerprint density at radius 1 is 1.03 bits per heavy atom. The predicted molar refractivity (Wildman–Crippen MR) is 112 cm³/mol. The van der Waals surface area contributed by atoms with E-state index in [1.807, 2.05) is 0 Å². The molecule has 0 saturated heterocycles. The van der Waals surface area contributed by atoms with Gasteiger partial charge in [0, 0.05) is 23.7 Å². The number of carbonyl (C=O) groups excluding carboxylic acids is 3. The van der Waals surface area contributed by atoms with Crippen molar-refractivity contribution in [2.24, 2.45) is 0 Å². The van der Waals surface area contributed by atoms with Gasteiger partial charge in [-0.15, -0.1) is 0 Å². The van der Waals surface area contributed by atoms with Crippen molar-refractivity contribution in [1.29, 1.82) is 0 Å². The van der Waals surface area contributed by atoms with Gasteiger partial charge in [-0.1, -0.05) is 6.07 Å². The summed E-state index contributed by atoms with van der Waals surface area (Å²) in [6.07, 6.45) is 2.66. The van der Waals surface area contributed by atoms with Crippen molar-refractivity contribution in [2.45, 2.75) is 26.4 Å². The van der Waals surface area contributed by atoms with Crippen LogP contribution in [-0.4, -0.2) is 37.0 Å². The number of rotatable bonds is 6. The van der Waals surface area contributed by atoms with Crippen molar-refractivity contribution in [3.8, 4) is 11.5 Å². The maximum atomic E-state index is 12.2. The van der Waals surface area contributed by atoms with Crippen LogP contribution >= 0.6 is 0 Å². The molecule has 1 atom stereocenters. The van der Waals surface area contributed by atoms with Gasteiger partial charge in [-0.2, -0.15) is 0 Å². The Bertz CT molecular complexity index is 964. The number of amides is 1. The number of Topliss-reactive ketones (excluding diaryl/α,β-unsaturated/α-hetero) is 1. The number of fused-ring (bicyclic) bond motifs is 1. The molecule has 0 fully saturated rings. The van der Waals surface area contributed by atoms with E-state index in [0.29, 0.717) is 36.0 Å². The third kappa shape index (κ3) is 5.70. The zero-order valence-electron chi connectivity index (χ0n) is 16.8. The molecule has 1 aliphatic heterocycles. The fraction of sp³-hybridized carbons (Fsp3) is 0.261. The van der Waals surface area contributed by atoms with Crippen LogP contribution in [-0.2, 0) is 14.3 Å². The standard InChI is InChI=1S/C23H23NO6/c1-15(25)18-6-8-19(9-7-18)24-23(27)16(2)30-22(26)11-5-17-4-10-20-21(14-17)29-13-3-12-28-20/h4-11,14,16H,3,12-13H2,1-2H3,(H,24,27)/b11-5+/t16-/m1/s1. The van der Waals surface area contributed by atoms with Crippen LogP contribution in [0.4, 0.5) is 5.69 Å². The molecular formula is C23H23NO6. The van der Waals surface area contributed by atoms with Gasteiger partial charge in [0.25, 0.3) is 5.91 Å². The summed E-state index contributed by atoms with van der Waals surface area (Å²) in [5, 5.41) is 2.65. The summed E-state index contributed by atoms with van der Waals surface area (Å²) in [6.45, 7) is 4.13. The lowest BCUT2D eigenvalue weighted by molar-refractivity contribution is -0.148. The molecule has 1 amide bonds. The molecule has 156 valence electrons. The van der Waals surface area contributed by atoms with Crippen LogP contribution in [0.25, 0.3) is 6.08 Å². The summed E-state index contributed by atoms with van der Waals surface area (Å²) in [6, 6.07) is 11.8. The van der Waals surface area contributed by atoms with E-state index >= 15 is 0 Å². The highest BCUT2D eigenvalue weighted by Crippen LogP contribution is 2.30. The average Bonchev–Trinajstić information content (AvgIpc) is 2.97. The summed E-state index contributed by atoms with van der Waals surface area (Å²) in [7, 11) is 0. The Kier molecular flexibility index (Phi) is 6.85. The van der Waals surface area contributed by atoms with Crippen LogP contribution in [0.3, 0.4) is 0 Å². The van der Waals surface area contributed by atoms with E-state index in [4.69, 9.17) is 14.2 Å². The van der Waals surface area contributed by atoms with Crippen molar-refractivity contribution in [3.05, 3.63) is 59.7 Å². The Morgan fingerprint density at radius 3 is 2.43 bits per heavy atom. The highest BCUT2D eigenvalue weighted by Gasteiger charge is 2.17. The highest BCUT2D eigenvalue weighted by atomic mass is 16.5. The number of benzene rings is 2. The van der Waals surface area contributed by atoms with Crippen molar-refractivity contribution in [2.75, 3.05) is 18.5 Å². The maximum absolute atomic E-state index is 12.2. The van der Waals surface area contributed by atoms with Crippen molar-refractivity contribution >= 4 is 29.4 Å². The van der Waals surface area contributed by atoms with Crippen molar-refractivity contribution in [1.82, 2.24) is 0 Å². The van der Waals surface area contributed by atoms with Gasteiger partial charge in [-0.05, 0) is 61.9 Å². The minimum absolute atomic E-state index is 0.0597. The summed E-state index contributed by atoms with van der Waals surface area (Å²) < 4.78 is 16.3. The molecule has 1 N–H and O–H groups in total. The van der Waals surface area contributed by atoms with Crippen LogP contribution in [0.2, 0.25) is 0 Å².